The van der Waals surface area contributed by atoms with Gasteiger partial charge in [0.25, 0.3) is 0 Å². The Morgan fingerprint density at radius 3 is 2.24 bits per heavy atom. The van der Waals surface area contributed by atoms with Crippen molar-refractivity contribution < 1.29 is 14.3 Å². The zero-order chi connectivity index (χ0) is 26.1. The van der Waals surface area contributed by atoms with Crippen molar-refractivity contribution in [3.05, 3.63) is 24.0 Å². The van der Waals surface area contributed by atoms with Crippen molar-refractivity contribution in [1.29, 1.82) is 0 Å². The highest BCUT2D eigenvalue weighted by atomic mass is 35.5. The van der Waals surface area contributed by atoms with Crippen LogP contribution in [0.15, 0.2) is 18.2 Å². The van der Waals surface area contributed by atoms with Gasteiger partial charge in [-0.25, -0.2) is 4.98 Å². The Labute approximate surface area is 214 Å². The lowest BCUT2D eigenvalue weighted by molar-refractivity contribution is -0.143. The lowest BCUT2D eigenvalue weighted by Gasteiger charge is -2.22. The van der Waals surface area contributed by atoms with E-state index in [0.29, 0.717) is 18.4 Å². The van der Waals surface area contributed by atoms with E-state index in [4.69, 9.17) is 28.9 Å². The first-order valence-electron chi connectivity index (χ1n) is 11.6. The molecule has 0 spiro atoms. The number of rotatable bonds is 10. The number of anilines is 1. The molecule has 2 aromatic rings. The SMILES string of the molecule is CC(C)C.CCOC(=O)CNC(=O)CN.CCc1nc2cc(N(CCCl)CCCl)ccc2n1C. The Balaban J connectivity index is 0.000000616. The van der Waals surface area contributed by atoms with Crippen LogP contribution < -0.4 is 16.0 Å². The highest BCUT2D eigenvalue weighted by Gasteiger charge is 2.10. The van der Waals surface area contributed by atoms with Crippen molar-refractivity contribution in [1.82, 2.24) is 14.9 Å². The molecule has 0 bridgehead atoms. The summed E-state index contributed by atoms with van der Waals surface area (Å²) in [6.07, 6.45) is 0.938. The van der Waals surface area contributed by atoms with Crippen LogP contribution in [0.3, 0.4) is 0 Å². The van der Waals surface area contributed by atoms with Crippen LogP contribution in [0.1, 0.15) is 40.4 Å². The van der Waals surface area contributed by atoms with Crippen LogP contribution in [0, 0.1) is 5.92 Å². The third kappa shape index (κ3) is 12.4. The molecule has 10 heteroatoms. The molecule has 0 saturated heterocycles. The predicted molar refractivity (Wildman–Crippen MR) is 143 cm³/mol. The summed E-state index contributed by atoms with van der Waals surface area (Å²) >= 11 is 11.7. The van der Waals surface area contributed by atoms with Gasteiger partial charge in [0.15, 0.2) is 0 Å². The Hall–Kier alpha value is -2.03. The van der Waals surface area contributed by atoms with Crippen molar-refractivity contribution in [2.45, 2.75) is 41.0 Å². The van der Waals surface area contributed by atoms with Crippen LogP contribution in [0.25, 0.3) is 11.0 Å². The van der Waals surface area contributed by atoms with Crippen molar-refractivity contribution in [3.63, 3.8) is 0 Å². The minimum atomic E-state index is -0.450. The lowest BCUT2D eigenvalue weighted by atomic mass is 10.2. The number of hydrogen-bond acceptors (Lipinski definition) is 6. The van der Waals surface area contributed by atoms with Crippen LogP contribution in [0.5, 0.6) is 0 Å². The molecule has 1 amide bonds. The molecule has 0 aliphatic carbocycles. The van der Waals surface area contributed by atoms with Gasteiger partial charge in [-0.3, -0.25) is 9.59 Å². The molecule has 34 heavy (non-hydrogen) atoms. The summed E-state index contributed by atoms with van der Waals surface area (Å²) < 4.78 is 6.69. The van der Waals surface area contributed by atoms with Gasteiger partial charge in [0, 0.05) is 44.0 Å². The normalized spacial score (nSPS) is 10.2. The van der Waals surface area contributed by atoms with Crippen LogP contribution in [-0.2, 0) is 27.8 Å². The monoisotopic (exact) mass is 517 g/mol. The van der Waals surface area contributed by atoms with E-state index < -0.39 is 5.97 Å². The third-order valence-corrected chi connectivity index (χ3v) is 4.61. The molecule has 0 radical (unpaired) electrons. The number of alkyl halides is 2. The Kier molecular flexibility index (Phi) is 17.2. The molecule has 194 valence electrons. The van der Waals surface area contributed by atoms with E-state index in [2.05, 4.69) is 77.4 Å². The largest absolute Gasteiger partial charge is 0.465 e. The van der Waals surface area contributed by atoms with Gasteiger partial charge in [0.1, 0.15) is 12.4 Å². The molecule has 0 aliphatic rings. The number of nitrogens with zero attached hydrogens (tertiary/aromatic N) is 3. The van der Waals surface area contributed by atoms with Crippen molar-refractivity contribution in [2.75, 3.05) is 49.4 Å². The second kappa shape index (κ2) is 18.3. The summed E-state index contributed by atoms with van der Waals surface area (Å²) in [5.41, 5.74) is 8.30. The molecule has 0 unspecified atom stereocenters. The molecule has 3 N–H and O–H groups in total. The summed E-state index contributed by atoms with van der Waals surface area (Å²) in [5.74, 6) is 2.31. The number of nitrogens with two attached hydrogens (primary N) is 1. The second-order valence-corrected chi connectivity index (χ2v) is 8.75. The molecule has 1 heterocycles. The van der Waals surface area contributed by atoms with E-state index in [9.17, 15) is 9.59 Å². The first-order chi connectivity index (χ1) is 16.1. The summed E-state index contributed by atoms with van der Waals surface area (Å²) in [4.78, 5) is 27.9. The number of esters is 1. The fourth-order valence-corrected chi connectivity index (χ4v) is 3.19. The molecule has 0 aliphatic heterocycles. The van der Waals surface area contributed by atoms with E-state index in [-0.39, 0.29) is 19.0 Å². The molecule has 0 saturated carbocycles. The number of aryl methyl sites for hydroxylation is 2. The summed E-state index contributed by atoms with van der Waals surface area (Å²) in [7, 11) is 2.06. The number of fused-ring (bicyclic) bond motifs is 1. The van der Waals surface area contributed by atoms with Crippen LogP contribution in [0.4, 0.5) is 5.69 Å². The molecule has 1 aromatic heterocycles. The van der Waals surface area contributed by atoms with Crippen molar-refractivity contribution >= 4 is 51.8 Å². The number of carbonyl (C=O) groups excluding carboxylic acids is 2. The van der Waals surface area contributed by atoms with Crippen LogP contribution in [-0.4, -0.2) is 66.0 Å². The van der Waals surface area contributed by atoms with Crippen molar-refractivity contribution in [3.8, 4) is 0 Å². The minimum Gasteiger partial charge on any atom is -0.465 e. The maximum absolute atomic E-state index is 10.6. The molecule has 8 nitrogen and oxygen atoms in total. The number of halogens is 2. The van der Waals surface area contributed by atoms with Gasteiger partial charge in [-0.1, -0.05) is 27.7 Å². The number of aromatic nitrogens is 2. The number of amides is 1. The molecule has 0 fully saturated rings. The van der Waals surface area contributed by atoms with Gasteiger partial charge < -0.3 is 25.3 Å². The van der Waals surface area contributed by atoms with E-state index >= 15 is 0 Å². The smallest absolute Gasteiger partial charge is 0.325 e. The van der Waals surface area contributed by atoms with E-state index in [1.807, 2.05) is 0 Å². The molecular formula is C24H41Cl2N5O3. The fraction of sp³-hybridized carbons (Fsp3) is 0.625. The van der Waals surface area contributed by atoms with Crippen LogP contribution in [0.2, 0.25) is 0 Å². The topological polar surface area (TPSA) is 102 Å². The number of carbonyl (C=O) groups is 2. The van der Waals surface area contributed by atoms with Gasteiger partial charge in [-0.2, -0.15) is 0 Å². The maximum atomic E-state index is 10.6. The third-order valence-electron chi connectivity index (χ3n) is 4.27. The maximum Gasteiger partial charge on any atom is 0.325 e. The predicted octanol–water partition coefficient (Wildman–Crippen LogP) is 3.71. The summed E-state index contributed by atoms with van der Waals surface area (Å²) in [5, 5.41) is 2.28. The van der Waals surface area contributed by atoms with Gasteiger partial charge >= 0.3 is 5.97 Å². The average molecular weight is 519 g/mol. The highest BCUT2D eigenvalue weighted by molar-refractivity contribution is 6.18. The van der Waals surface area contributed by atoms with Crippen molar-refractivity contribution in [2.24, 2.45) is 18.7 Å². The lowest BCUT2D eigenvalue weighted by Crippen LogP contribution is -2.35. The van der Waals surface area contributed by atoms with Crippen LogP contribution >= 0.6 is 23.2 Å². The Bertz CT molecular complexity index is 850. The Morgan fingerprint density at radius 2 is 1.76 bits per heavy atom. The van der Waals surface area contributed by atoms with Gasteiger partial charge in [-0.05, 0) is 31.0 Å². The molecule has 2 rings (SSSR count). The standard InChI is InChI=1S/C14H19Cl2N3.C6H12N2O3.C4H10/c1-3-14-17-12-10-11(4-5-13(12)18(14)2)19(8-6-15)9-7-16;1-2-11-6(10)4-8-5(9)3-7;1-4(2)3/h4-5,10H,3,6-9H2,1-2H3;2-4,7H2,1H3,(H,8,9);4H,1-3H3. The zero-order valence-electron chi connectivity index (χ0n) is 21.4. The quantitative estimate of drug-likeness (QED) is 0.367. The first-order valence-corrected chi connectivity index (χ1v) is 12.7. The molecule has 1 aromatic carbocycles. The zero-order valence-corrected chi connectivity index (χ0v) is 22.9. The summed E-state index contributed by atoms with van der Waals surface area (Å²) in [6.45, 7) is 12.0. The fourth-order valence-electron chi connectivity index (χ4n) is 2.78. The number of imidazole rings is 1. The van der Waals surface area contributed by atoms with Gasteiger partial charge in [0.05, 0.1) is 24.2 Å². The first kappa shape index (κ1) is 32.0. The highest BCUT2D eigenvalue weighted by Crippen LogP contribution is 2.22. The van der Waals surface area contributed by atoms with E-state index in [1.54, 1.807) is 6.92 Å². The number of ether oxygens (including phenoxy) is 1. The number of nitrogens with one attached hydrogen (secondary N) is 1. The molecular weight excluding hydrogens is 477 g/mol. The van der Waals surface area contributed by atoms with E-state index in [1.165, 1.54) is 0 Å². The number of benzene rings is 1. The summed E-state index contributed by atoms with van der Waals surface area (Å²) in [6, 6.07) is 6.35. The Morgan fingerprint density at radius 1 is 1.18 bits per heavy atom. The van der Waals surface area contributed by atoms with Gasteiger partial charge in [-0.15, -0.1) is 23.2 Å². The van der Waals surface area contributed by atoms with Gasteiger partial charge in [0.2, 0.25) is 5.91 Å². The number of hydrogen-bond donors (Lipinski definition) is 2. The minimum absolute atomic E-state index is 0.107. The average Bonchev–Trinajstić information content (AvgIpc) is 3.12. The van der Waals surface area contributed by atoms with E-state index in [0.717, 1.165) is 48.0 Å². The second-order valence-electron chi connectivity index (χ2n) is 8.00. The molecule has 0 atom stereocenters.